The van der Waals surface area contributed by atoms with Gasteiger partial charge in [-0.05, 0) is 41.5 Å². The number of nitrogens with one attached hydrogen (secondary N) is 1. The number of aryl methyl sites for hydroxylation is 1. The fourth-order valence-electron chi connectivity index (χ4n) is 2.76. The molecule has 0 bridgehead atoms. The standard InChI is InChI=1S/C22H19ClN2OS/c1-2-16-8-4-5-9-19(16)24-22(27)20(25-14-6-3-7-15-25)21(26)17-10-12-18(23)13-11-17/h3-15H,2H2,1H3,(H-,24,26,27). The number of aromatic nitrogens is 1. The largest absolute Gasteiger partial charge is 0.867 e. The van der Waals surface area contributed by atoms with Crippen LogP contribution in [0.5, 0.6) is 0 Å². The number of rotatable bonds is 5. The second kappa shape index (κ2) is 8.80. The minimum atomic E-state index is -0.172. The first kappa shape index (κ1) is 19.1. The van der Waals surface area contributed by atoms with Crippen LogP contribution in [0, 0.1) is 0 Å². The van der Waals surface area contributed by atoms with E-state index in [-0.39, 0.29) is 5.76 Å². The quantitative estimate of drug-likeness (QED) is 0.303. The molecule has 0 saturated heterocycles. The number of hydrogen-bond donors (Lipinski definition) is 1. The second-order valence-corrected chi connectivity index (χ2v) is 6.78. The summed E-state index contributed by atoms with van der Waals surface area (Å²) in [5.41, 5.74) is 2.96. The molecule has 0 radical (unpaired) electrons. The number of anilines is 1. The fraction of sp³-hybridized carbons (Fsp3) is 0.0909. The Balaban J connectivity index is 2.06. The molecule has 0 spiro atoms. The van der Waals surface area contributed by atoms with Gasteiger partial charge in [-0.15, -0.1) is 0 Å². The maximum absolute atomic E-state index is 13.2. The molecule has 5 heteroatoms. The molecule has 0 amide bonds. The number of halogens is 1. The van der Waals surface area contributed by atoms with Gasteiger partial charge >= 0.3 is 0 Å². The van der Waals surface area contributed by atoms with Crippen LogP contribution in [-0.2, 0) is 6.42 Å². The topological polar surface area (TPSA) is 39.0 Å². The molecule has 27 heavy (non-hydrogen) atoms. The van der Waals surface area contributed by atoms with Crippen LogP contribution in [-0.4, -0.2) is 4.99 Å². The Labute approximate surface area is 169 Å². The third kappa shape index (κ3) is 4.54. The average molecular weight is 395 g/mol. The molecule has 3 nitrogen and oxygen atoms in total. The zero-order chi connectivity index (χ0) is 19.2. The van der Waals surface area contributed by atoms with Gasteiger partial charge in [0.15, 0.2) is 17.4 Å². The van der Waals surface area contributed by atoms with Crippen molar-refractivity contribution in [3.63, 3.8) is 0 Å². The summed E-state index contributed by atoms with van der Waals surface area (Å²) in [6.45, 7) is 2.08. The molecule has 3 rings (SSSR count). The molecular formula is C22H19ClN2OS. The van der Waals surface area contributed by atoms with Gasteiger partial charge in [-0.3, -0.25) is 0 Å². The van der Waals surface area contributed by atoms with Crippen molar-refractivity contribution in [1.29, 1.82) is 0 Å². The second-order valence-electron chi connectivity index (χ2n) is 5.93. The maximum Gasteiger partial charge on any atom is 0.238 e. The van der Waals surface area contributed by atoms with E-state index in [1.165, 1.54) is 0 Å². The molecule has 1 N–H and O–H groups in total. The SMILES string of the molecule is CCc1ccccc1NC(=S)C(=C([O-])c1ccc(Cl)cc1)[n+]1ccccc1. The van der Waals surface area contributed by atoms with Gasteiger partial charge in [0.25, 0.3) is 0 Å². The zero-order valence-electron chi connectivity index (χ0n) is 14.9. The van der Waals surface area contributed by atoms with E-state index in [9.17, 15) is 5.11 Å². The van der Waals surface area contributed by atoms with E-state index < -0.39 is 0 Å². The number of thiocarbonyl (C=S) groups is 1. The summed E-state index contributed by atoms with van der Waals surface area (Å²) in [5, 5.41) is 17.0. The summed E-state index contributed by atoms with van der Waals surface area (Å²) in [4.78, 5) is 0.368. The number of para-hydroxylation sites is 1. The van der Waals surface area contributed by atoms with Crippen molar-refractivity contribution in [3.05, 3.63) is 95.3 Å². The van der Waals surface area contributed by atoms with Crippen LogP contribution >= 0.6 is 23.8 Å². The van der Waals surface area contributed by atoms with Crippen LogP contribution in [0.1, 0.15) is 18.1 Å². The number of pyridine rings is 1. The van der Waals surface area contributed by atoms with Gasteiger partial charge in [0.1, 0.15) is 0 Å². The van der Waals surface area contributed by atoms with Crippen molar-refractivity contribution in [2.45, 2.75) is 13.3 Å². The van der Waals surface area contributed by atoms with Gasteiger partial charge in [0.05, 0.1) is 0 Å². The van der Waals surface area contributed by atoms with E-state index in [0.717, 1.165) is 17.7 Å². The molecule has 0 atom stereocenters. The van der Waals surface area contributed by atoms with Crippen LogP contribution in [0.15, 0.2) is 79.1 Å². The number of benzene rings is 2. The van der Waals surface area contributed by atoms with Crippen LogP contribution in [0.2, 0.25) is 5.02 Å². The summed E-state index contributed by atoms with van der Waals surface area (Å²) < 4.78 is 1.74. The van der Waals surface area contributed by atoms with Crippen LogP contribution in [0.25, 0.3) is 11.5 Å². The van der Waals surface area contributed by atoms with Gasteiger partial charge in [0, 0.05) is 22.8 Å². The third-order valence-electron chi connectivity index (χ3n) is 4.16. The van der Waals surface area contributed by atoms with E-state index in [4.69, 9.17) is 23.8 Å². The van der Waals surface area contributed by atoms with E-state index in [2.05, 4.69) is 12.2 Å². The van der Waals surface area contributed by atoms with Gasteiger partial charge in [-0.1, -0.05) is 67.1 Å². The Morgan fingerprint density at radius 3 is 2.33 bits per heavy atom. The van der Waals surface area contributed by atoms with Gasteiger partial charge in [0.2, 0.25) is 5.70 Å². The average Bonchev–Trinajstić information content (AvgIpc) is 2.70. The maximum atomic E-state index is 13.2. The zero-order valence-corrected chi connectivity index (χ0v) is 16.4. The first-order chi connectivity index (χ1) is 13.1. The summed E-state index contributed by atoms with van der Waals surface area (Å²) in [7, 11) is 0. The predicted molar refractivity (Wildman–Crippen MR) is 113 cm³/mol. The van der Waals surface area contributed by atoms with Crippen molar-refractivity contribution in [2.24, 2.45) is 0 Å². The van der Waals surface area contributed by atoms with Crippen molar-refractivity contribution in [2.75, 3.05) is 5.32 Å². The van der Waals surface area contributed by atoms with Crippen molar-refractivity contribution in [3.8, 4) is 0 Å². The minimum Gasteiger partial charge on any atom is -0.867 e. The molecule has 0 saturated carbocycles. The van der Waals surface area contributed by atoms with E-state index in [1.54, 1.807) is 28.8 Å². The molecule has 0 aliphatic heterocycles. The molecule has 2 aromatic carbocycles. The smallest absolute Gasteiger partial charge is 0.238 e. The number of hydrogen-bond acceptors (Lipinski definition) is 2. The molecule has 3 aromatic rings. The van der Waals surface area contributed by atoms with E-state index in [0.29, 0.717) is 21.3 Å². The number of nitrogens with zero attached hydrogens (tertiary/aromatic N) is 1. The van der Waals surface area contributed by atoms with Crippen LogP contribution < -0.4 is 15.0 Å². The first-order valence-electron chi connectivity index (χ1n) is 8.63. The lowest BCUT2D eigenvalue weighted by molar-refractivity contribution is -0.577. The molecule has 0 aliphatic carbocycles. The van der Waals surface area contributed by atoms with E-state index >= 15 is 0 Å². The lowest BCUT2D eigenvalue weighted by Gasteiger charge is -2.18. The Hall–Kier alpha value is -2.69. The molecule has 136 valence electrons. The Morgan fingerprint density at radius 2 is 1.67 bits per heavy atom. The highest BCUT2D eigenvalue weighted by Gasteiger charge is 2.19. The van der Waals surface area contributed by atoms with Gasteiger partial charge in [-0.25, -0.2) is 0 Å². The lowest BCUT2D eigenvalue weighted by atomic mass is 10.1. The predicted octanol–water partition coefficient (Wildman–Crippen LogP) is 4.32. The molecule has 0 unspecified atom stereocenters. The van der Waals surface area contributed by atoms with Crippen LogP contribution in [0.4, 0.5) is 5.69 Å². The molecule has 1 heterocycles. The van der Waals surface area contributed by atoms with Crippen LogP contribution in [0.3, 0.4) is 0 Å². The summed E-state index contributed by atoms with van der Waals surface area (Å²) in [6.07, 6.45) is 4.48. The van der Waals surface area contributed by atoms with Gasteiger partial charge in [-0.2, -0.15) is 4.57 Å². The molecular weight excluding hydrogens is 376 g/mol. The summed E-state index contributed by atoms with van der Waals surface area (Å²) >= 11 is 11.6. The lowest BCUT2D eigenvalue weighted by Crippen LogP contribution is -2.39. The van der Waals surface area contributed by atoms with Crippen molar-refractivity contribution in [1.82, 2.24) is 0 Å². The minimum absolute atomic E-state index is 0.172. The fourth-order valence-corrected chi connectivity index (χ4v) is 3.19. The Bertz CT molecular complexity index is 969. The summed E-state index contributed by atoms with van der Waals surface area (Å²) in [6, 6.07) is 20.4. The van der Waals surface area contributed by atoms with Crippen molar-refractivity contribution >= 4 is 46.0 Å². The molecule has 0 fully saturated rings. The molecule has 1 aromatic heterocycles. The summed E-state index contributed by atoms with van der Waals surface area (Å²) in [5.74, 6) is -0.172. The molecule has 0 aliphatic rings. The Kier molecular flexibility index (Phi) is 6.22. The Morgan fingerprint density at radius 1 is 1.00 bits per heavy atom. The highest BCUT2D eigenvalue weighted by molar-refractivity contribution is 7.81. The monoisotopic (exact) mass is 394 g/mol. The van der Waals surface area contributed by atoms with Gasteiger partial charge < -0.3 is 10.4 Å². The first-order valence-corrected chi connectivity index (χ1v) is 9.42. The highest BCUT2D eigenvalue weighted by Crippen LogP contribution is 2.21. The van der Waals surface area contributed by atoms with Crippen molar-refractivity contribution < 1.29 is 9.67 Å². The van der Waals surface area contributed by atoms with E-state index in [1.807, 2.05) is 54.9 Å². The normalized spacial score (nSPS) is 11.6. The third-order valence-corrected chi connectivity index (χ3v) is 4.70. The highest BCUT2D eigenvalue weighted by atomic mass is 35.5.